The van der Waals surface area contributed by atoms with Crippen LogP contribution in [0.5, 0.6) is 0 Å². The molecule has 1 rings (SSSR count). The first-order valence-electron chi connectivity index (χ1n) is 2.80. The molecule has 1 fully saturated rings. The normalized spacial score (nSPS) is 27.8. The third-order valence-corrected chi connectivity index (χ3v) is 1.47. The van der Waals surface area contributed by atoms with E-state index in [2.05, 4.69) is 7.05 Å². The Morgan fingerprint density at radius 1 is 1.67 bits per heavy atom. The Bertz CT molecular complexity index is 164. The van der Waals surface area contributed by atoms with Crippen LogP contribution >= 0.6 is 0 Å². The molecule has 0 aromatic rings. The minimum Gasteiger partial charge on any atom is -0.281 e. The summed E-state index contributed by atoms with van der Waals surface area (Å²) in [6.07, 6.45) is 0.322. The SMILES string of the molecule is [CH2]N1C(=O)CC(C)C1=O. The molecule has 0 bridgehead atoms. The largest absolute Gasteiger partial charge is 0.281 e. The van der Waals surface area contributed by atoms with Crippen LogP contribution in [-0.2, 0) is 9.59 Å². The fraction of sp³-hybridized carbons (Fsp3) is 0.500. The Labute approximate surface area is 53.6 Å². The highest BCUT2D eigenvalue weighted by Gasteiger charge is 2.32. The van der Waals surface area contributed by atoms with Gasteiger partial charge in [-0.1, -0.05) is 6.92 Å². The molecule has 1 heterocycles. The lowest BCUT2D eigenvalue weighted by atomic mass is 10.1. The number of carbonyl (C=O) groups excluding carboxylic acids is 2. The predicted molar refractivity (Wildman–Crippen MR) is 31.0 cm³/mol. The lowest BCUT2D eigenvalue weighted by Crippen LogP contribution is -2.22. The zero-order chi connectivity index (χ0) is 7.02. The minimum absolute atomic E-state index is 0.157. The highest BCUT2D eigenvalue weighted by Crippen LogP contribution is 2.16. The number of amides is 2. The van der Waals surface area contributed by atoms with Crippen molar-refractivity contribution in [2.45, 2.75) is 13.3 Å². The molecule has 3 nitrogen and oxygen atoms in total. The minimum atomic E-state index is -0.174. The van der Waals surface area contributed by atoms with Gasteiger partial charge in [0.15, 0.2) is 0 Å². The van der Waals surface area contributed by atoms with Crippen molar-refractivity contribution in [3.8, 4) is 0 Å². The lowest BCUT2D eigenvalue weighted by Gasteiger charge is -2.02. The van der Waals surface area contributed by atoms with E-state index >= 15 is 0 Å². The van der Waals surface area contributed by atoms with Gasteiger partial charge >= 0.3 is 0 Å². The van der Waals surface area contributed by atoms with Crippen molar-refractivity contribution >= 4 is 11.8 Å². The molecule has 9 heavy (non-hydrogen) atoms. The van der Waals surface area contributed by atoms with Gasteiger partial charge in [-0.15, -0.1) is 0 Å². The molecule has 1 radical (unpaired) electrons. The van der Waals surface area contributed by atoms with E-state index in [1.807, 2.05) is 0 Å². The summed E-state index contributed by atoms with van der Waals surface area (Å²) in [6, 6.07) is 0. The first-order valence-corrected chi connectivity index (χ1v) is 2.80. The average molecular weight is 126 g/mol. The zero-order valence-electron chi connectivity index (χ0n) is 5.26. The molecule has 49 valence electrons. The molecule has 0 spiro atoms. The predicted octanol–water partition coefficient (Wildman–Crippen LogP) is 0.173. The molecule has 0 aromatic heterocycles. The van der Waals surface area contributed by atoms with Gasteiger partial charge in [0.05, 0.1) is 0 Å². The van der Waals surface area contributed by atoms with E-state index in [0.717, 1.165) is 4.90 Å². The van der Waals surface area contributed by atoms with Crippen LogP contribution in [0, 0.1) is 13.0 Å². The molecule has 1 aliphatic heterocycles. The molecule has 0 aromatic carbocycles. The van der Waals surface area contributed by atoms with Crippen LogP contribution in [0.2, 0.25) is 0 Å². The number of hydrogen-bond acceptors (Lipinski definition) is 2. The van der Waals surface area contributed by atoms with Crippen LogP contribution in [0.3, 0.4) is 0 Å². The summed E-state index contributed by atoms with van der Waals surface area (Å²) in [5.41, 5.74) is 0. The second kappa shape index (κ2) is 1.83. The van der Waals surface area contributed by atoms with Gasteiger partial charge in [-0.25, -0.2) is 0 Å². The highest BCUT2D eigenvalue weighted by molar-refractivity contribution is 6.03. The number of nitrogens with zero attached hydrogens (tertiary/aromatic N) is 1. The van der Waals surface area contributed by atoms with E-state index in [-0.39, 0.29) is 17.7 Å². The van der Waals surface area contributed by atoms with Gasteiger partial charge in [-0.05, 0) is 0 Å². The molecule has 2 amide bonds. The number of likely N-dealkylation sites (tertiary alicyclic amines) is 1. The van der Waals surface area contributed by atoms with Crippen molar-refractivity contribution in [2.24, 2.45) is 5.92 Å². The van der Waals surface area contributed by atoms with Gasteiger partial charge < -0.3 is 0 Å². The molecule has 1 aliphatic rings. The number of imide groups is 1. The van der Waals surface area contributed by atoms with Gasteiger partial charge in [0.1, 0.15) is 0 Å². The maximum absolute atomic E-state index is 10.8. The first kappa shape index (κ1) is 6.26. The van der Waals surface area contributed by atoms with Crippen LogP contribution in [-0.4, -0.2) is 16.7 Å². The number of rotatable bonds is 0. The third kappa shape index (κ3) is 0.823. The second-order valence-corrected chi connectivity index (χ2v) is 2.27. The summed E-state index contributed by atoms with van der Waals surface area (Å²) < 4.78 is 0. The standard InChI is InChI=1S/C6H8NO2/c1-4-3-5(8)7(2)6(4)9/h4H,2-3H2,1H3. The molecule has 0 aliphatic carbocycles. The Morgan fingerprint density at radius 3 is 2.33 bits per heavy atom. The van der Waals surface area contributed by atoms with Gasteiger partial charge in [-0.3, -0.25) is 14.5 Å². The summed E-state index contributed by atoms with van der Waals surface area (Å²) in [7, 11) is 3.28. The van der Waals surface area contributed by atoms with Crippen molar-refractivity contribution in [3.05, 3.63) is 7.05 Å². The van der Waals surface area contributed by atoms with E-state index in [0.29, 0.717) is 6.42 Å². The van der Waals surface area contributed by atoms with Crippen LogP contribution in [0.25, 0.3) is 0 Å². The fourth-order valence-corrected chi connectivity index (χ4v) is 0.848. The van der Waals surface area contributed by atoms with Crippen molar-refractivity contribution in [1.82, 2.24) is 4.90 Å². The van der Waals surface area contributed by atoms with E-state index in [4.69, 9.17) is 0 Å². The third-order valence-electron chi connectivity index (χ3n) is 1.47. The van der Waals surface area contributed by atoms with E-state index < -0.39 is 0 Å². The van der Waals surface area contributed by atoms with Crippen molar-refractivity contribution in [2.75, 3.05) is 0 Å². The quantitative estimate of drug-likeness (QED) is 0.434. The monoisotopic (exact) mass is 126 g/mol. The highest BCUT2D eigenvalue weighted by atomic mass is 16.2. The van der Waals surface area contributed by atoms with Crippen LogP contribution in [0.1, 0.15) is 13.3 Å². The summed E-state index contributed by atoms with van der Waals surface area (Å²) in [5.74, 6) is -0.498. The zero-order valence-corrected chi connectivity index (χ0v) is 5.26. The van der Waals surface area contributed by atoms with E-state index in [1.165, 1.54) is 0 Å². The fourth-order valence-electron chi connectivity index (χ4n) is 0.848. The smallest absolute Gasteiger partial charge is 0.232 e. The molecule has 0 N–H and O–H groups in total. The Morgan fingerprint density at radius 2 is 2.22 bits per heavy atom. The molecule has 1 saturated heterocycles. The maximum Gasteiger partial charge on any atom is 0.232 e. The topological polar surface area (TPSA) is 37.4 Å². The molecule has 1 atom stereocenters. The summed E-state index contributed by atoms with van der Waals surface area (Å²) in [6.45, 7) is 1.73. The summed E-state index contributed by atoms with van der Waals surface area (Å²) >= 11 is 0. The van der Waals surface area contributed by atoms with Crippen LogP contribution in [0.15, 0.2) is 0 Å². The molecule has 0 saturated carbocycles. The van der Waals surface area contributed by atoms with Crippen LogP contribution < -0.4 is 0 Å². The van der Waals surface area contributed by atoms with Crippen molar-refractivity contribution in [1.29, 1.82) is 0 Å². The van der Waals surface area contributed by atoms with E-state index in [9.17, 15) is 9.59 Å². The number of carbonyl (C=O) groups is 2. The van der Waals surface area contributed by atoms with Gasteiger partial charge in [-0.2, -0.15) is 0 Å². The second-order valence-electron chi connectivity index (χ2n) is 2.27. The summed E-state index contributed by atoms with van der Waals surface area (Å²) in [4.78, 5) is 22.3. The molecule has 3 heteroatoms. The first-order chi connectivity index (χ1) is 4.13. The number of hydrogen-bond donors (Lipinski definition) is 0. The maximum atomic E-state index is 10.8. The summed E-state index contributed by atoms with van der Waals surface area (Å²) in [5, 5.41) is 0. The van der Waals surface area contributed by atoms with Crippen molar-refractivity contribution < 1.29 is 9.59 Å². The van der Waals surface area contributed by atoms with E-state index in [1.54, 1.807) is 6.92 Å². The van der Waals surface area contributed by atoms with Crippen molar-refractivity contribution in [3.63, 3.8) is 0 Å². The van der Waals surface area contributed by atoms with Crippen LogP contribution in [0.4, 0.5) is 0 Å². The van der Waals surface area contributed by atoms with Gasteiger partial charge in [0, 0.05) is 19.4 Å². The molecule has 1 unspecified atom stereocenters. The molecular formula is C6H8NO2. The Balaban J connectivity index is 2.77. The molecular weight excluding hydrogens is 118 g/mol. The van der Waals surface area contributed by atoms with Gasteiger partial charge in [0.25, 0.3) is 0 Å². The van der Waals surface area contributed by atoms with Gasteiger partial charge in [0.2, 0.25) is 11.8 Å². The average Bonchev–Trinajstić information content (AvgIpc) is 1.98. The lowest BCUT2D eigenvalue weighted by molar-refractivity contribution is -0.136. The Kier molecular flexibility index (Phi) is 1.27. The Hall–Kier alpha value is -0.860.